The zero-order valence-electron chi connectivity index (χ0n) is 9.61. The number of hydrogen-bond acceptors (Lipinski definition) is 3. The third kappa shape index (κ3) is 2.97. The highest BCUT2D eigenvalue weighted by molar-refractivity contribution is 9.11. The number of halogens is 2. The number of nitrogen functional groups attached to an aromatic ring is 1. The molecule has 0 spiro atoms. The molecule has 0 amide bonds. The molecule has 2 aromatic rings. The van der Waals surface area contributed by atoms with Gasteiger partial charge < -0.3 is 15.2 Å². The van der Waals surface area contributed by atoms with E-state index in [1.165, 1.54) is 0 Å². The third-order valence-electron chi connectivity index (χ3n) is 2.33. The van der Waals surface area contributed by atoms with Gasteiger partial charge in [-0.1, -0.05) is 15.9 Å². The summed E-state index contributed by atoms with van der Waals surface area (Å²) >= 11 is 6.84. The highest BCUT2D eigenvalue weighted by Gasteiger charge is 2.06. The summed E-state index contributed by atoms with van der Waals surface area (Å²) in [6.45, 7) is 0. The van der Waals surface area contributed by atoms with Gasteiger partial charge in [0.15, 0.2) is 0 Å². The molecule has 2 rings (SSSR count). The standard InChI is InChI=1S/C13H11Br2NO2/c1-17-13-7-9(3-4-11(13)16)18-12-5-2-8(14)6-10(12)15/h2-7H,16H2,1H3. The summed E-state index contributed by atoms with van der Waals surface area (Å²) in [5, 5.41) is 0. The monoisotopic (exact) mass is 371 g/mol. The third-order valence-corrected chi connectivity index (χ3v) is 3.44. The zero-order chi connectivity index (χ0) is 13.1. The lowest BCUT2D eigenvalue weighted by atomic mass is 10.3. The minimum absolute atomic E-state index is 0.583. The number of nitrogens with two attached hydrogens (primary N) is 1. The van der Waals surface area contributed by atoms with Crippen LogP contribution in [-0.4, -0.2) is 7.11 Å². The van der Waals surface area contributed by atoms with Crippen LogP contribution >= 0.6 is 31.9 Å². The van der Waals surface area contributed by atoms with Gasteiger partial charge in [-0.3, -0.25) is 0 Å². The Morgan fingerprint density at radius 3 is 2.44 bits per heavy atom. The Morgan fingerprint density at radius 2 is 1.78 bits per heavy atom. The molecule has 3 nitrogen and oxygen atoms in total. The Morgan fingerprint density at radius 1 is 1.00 bits per heavy atom. The molecule has 0 saturated carbocycles. The van der Waals surface area contributed by atoms with Crippen LogP contribution in [0.5, 0.6) is 17.2 Å². The van der Waals surface area contributed by atoms with Gasteiger partial charge in [0.2, 0.25) is 0 Å². The van der Waals surface area contributed by atoms with Gasteiger partial charge >= 0.3 is 0 Å². The van der Waals surface area contributed by atoms with E-state index in [1.807, 2.05) is 18.2 Å². The molecular formula is C13H11Br2NO2. The first-order valence-corrected chi connectivity index (χ1v) is 6.75. The quantitative estimate of drug-likeness (QED) is 0.801. The summed E-state index contributed by atoms with van der Waals surface area (Å²) in [5.74, 6) is 2.00. The van der Waals surface area contributed by atoms with E-state index in [1.54, 1.807) is 25.3 Å². The van der Waals surface area contributed by atoms with Crippen molar-refractivity contribution in [3.05, 3.63) is 45.3 Å². The summed E-state index contributed by atoms with van der Waals surface area (Å²) in [4.78, 5) is 0. The molecule has 0 heterocycles. The molecule has 0 aromatic heterocycles. The van der Waals surface area contributed by atoms with E-state index >= 15 is 0 Å². The predicted molar refractivity (Wildman–Crippen MR) is 79.3 cm³/mol. The van der Waals surface area contributed by atoms with Gasteiger partial charge in [0, 0.05) is 10.5 Å². The first-order chi connectivity index (χ1) is 8.60. The second-order valence-electron chi connectivity index (χ2n) is 3.58. The molecule has 94 valence electrons. The van der Waals surface area contributed by atoms with Crippen molar-refractivity contribution in [2.45, 2.75) is 0 Å². The van der Waals surface area contributed by atoms with Gasteiger partial charge in [0.1, 0.15) is 17.2 Å². The Kier molecular flexibility index (Phi) is 4.14. The normalized spacial score (nSPS) is 10.2. The van der Waals surface area contributed by atoms with Crippen LogP contribution in [0.2, 0.25) is 0 Å². The fraction of sp³-hybridized carbons (Fsp3) is 0.0769. The highest BCUT2D eigenvalue weighted by atomic mass is 79.9. The van der Waals surface area contributed by atoms with Crippen LogP contribution in [0.3, 0.4) is 0 Å². The summed E-state index contributed by atoms with van der Waals surface area (Å²) in [5.41, 5.74) is 6.33. The molecule has 5 heteroatoms. The maximum Gasteiger partial charge on any atom is 0.145 e. The number of anilines is 1. The lowest BCUT2D eigenvalue weighted by Gasteiger charge is -2.10. The molecule has 0 radical (unpaired) electrons. The van der Waals surface area contributed by atoms with Crippen LogP contribution in [0.15, 0.2) is 45.3 Å². The minimum atomic E-state index is 0.583. The molecule has 2 N–H and O–H groups in total. The number of rotatable bonds is 3. The zero-order valence-corrected chi connectivity index (χ0v) is 12.8. The molecule has 0 aliphatic carbocycles. The van der Waals surface area contributed by atoms with Crippen LogP contribution in [0.4, 0.5) is 5.69 Å². The Hall–Kier alpha value is -1.20. The van der Waals surface area contributed by atoms with Crippen molar-refractivity contribution in [1.82, 2.24) is 0 Å². The Labute approximate surface area is 122 Å². The molecule has 18 heavy (non-hydrogen) atoms. The number of hydrogen-bond donors (Lipinski definition) is 1. The molecule has 0 aliphatic rings. The van der Waals surface area contributed by atoms with Crippen LogP contribution in [0.1, 0.15) is 0 Å². The number of methoxy groups -OCH3 is 1. The van der Waals surface area contributed by atoms with Gasteiger partial charge in [0.05, 0.1) is 17.3 Å². The van der Waals surface area contributed by atoms with Crippen molar-refractivity contribution in [2.75, 3.05) is 12.8 Å². The van der Waals surface area contributed by atoms with Gasteiger partial charge in [0.25, 0.3) is 0 Å². The van der Waals surface area contributed by atoms with Crippen molar-refractivity contribution in [3.63, 3.8) is 0 Å². The number of ether oxygens (including phenoxy) is 2. The second-order valence-corrected chi connectivity index (χ2v) is 5.35. The van der Waals surface area contributed by atoms with Gasteiger partial charge in [-0.2, -0.15) is 0 Å². The van der Waals surface area contributed by atoms with E-state index in [0.29, 0.717) is 17.2 Å². The predicted octanol–water partition coefficient (Wildman–Crippen LogP) is 4.59. The highest BCUT2D eigenvalue weighted by Crippen LogP contribution is 2.34. The average molecular weight is 373 g/mol. The van der Waals surface area contributed by atoms with E-state index in [0.717, 1.165) is 14.7 Å². The van der Waals surface area contributed by atoms with Crippen LogP contribution in [-0.2, 0) is 0 Å². The number of benzene rings is 2. The summed E-state index contributed by atoms with van der Waals surface area (Å²) in [7, 11) is 1.57. The first-order valence-electron chi connectivity index (χ1n) is 5.16. The fourth-order valence-electron chi connectivity index (χ4n) is 1.44. The molecule has 0 fully saturated rings. The lowest BCUT2D eigenvalue weighted by Crippen LogP contribution is -1.93. The summed E-state index contributed by atoms with van der Waals surface area (Å²) in [6, 6.07) is 11.0. The second kappa shape index (κ2) is 5.63. The largest absolute Gasteiger partial charge is 0.494 e. The lowest BCUT2D eigenvalue weighted by molar-refractivity contribution is 0.411. The molecule has 0 unspecified atom stereocenters. The van der Waals surface area contributed by atoms with Crippen molar-refractivity contribution in [3.8, 4) is 17.2 Å². The Bertz CT molecular complexity index is 573. The SMILES string of the molecule is COc1cc(Oc2ccc(Br)cc2Br)ccc1N. The van der Waals surface area contributed by atoms with Crippen molar-refractivity contribution < 1.29 is 9.47 Å². The minimum Gasteiger partial charge on any atom is -0.494 e. The average Bonchev–Trinajstić information content (AvgIpc) is 2.35. The molecule has 0 saturated heterocycles. The van der Waals surface area contributed by atoms with Crippen molar-refractivity contribution in [2.24, 2.45) is 0 Å². The van der Waals surface area contributed by atoms with E-state index in [2.05, 4.69) is 31.9 Å². The smallest absolute Gasteiger partial charge is 0.145 e. The molecule has 2 aromatic carbocycles. The van der Waals surface area contributed by atoms with Crippen molar-refractivity contribution in [1.29, 1.82) is 0 Å². The molecule has 0 bridgehead atoms. The molecule has 0 atom stereocenters. The Balaban J connectivity index is 2.28. The van der Waals surface area contributed by atoms with E-state index < -0.39 is 0 Å². The molecular weight excluding hydrogens is 362 g/mol. The first kappa shape index (κ1) is 13.2. The van der Waals surface area contributed by atoms with E-state index in [-0.39, 0.29) is 0 Å². The maximum absolute atomic E-state index is 5.76. The summed E-state index contributed by atoms with van der Waals surface area (Å²) in [6.07, 6.45) is 0. The molecule has 0 aliphatic heterocycles. The van der Waals surface area contributed by atoms with Crippen LogP contribution in [0, 0.1) is 0 Å². The topological polar surface area (TPSA) is 44.5 Å². The van der Waals surface area contributed by atoms with Gasteiger partial charge in [-0.25, -0.2) is 0 Å². The van der Waals surface area contributed by atoms with Crippen LogP contribution in [0.25, 0.3) is 0 Å². The van der Waals surface area contributed by atoms with E-state index in [4.69, 9.17) is 15.2 Å². The van der Waals surface area contributed by atoms with Gasteiger partial charge in [-0.05, 0) is 46.3 Å². The van der Waals surface area contributed by atoms with E-state index in [9.17, 15) is 0 Å². The van der Waals surface area contributed by atoms with Crippen molar-refractivity contribution >= 4 is 37.5 Å². The maximum atomic E-state index is 5.76. The van der Waals surface area contributed by atoms with Gasteiger partial charge in [-0.15, -0.1) is 0 Å². The fourth-order valence-corrected chi connectivity index (χ4v) is 2.57. The van der Waals surface area contributed by atoms with Crippen LogP contribution < -0.4 is 15.2 Å². The summed E-state index contributed by atoms with van der Waals surface area (Å²) < 4.78 is 12.8.